The molecule has 0 saturated carbocycles. The number of nitrogens with one attached hydrogen (secondary N) is 1. The number of hydrogen-bond donors (Lipinski definition) is 2. The minimum atomic E-state index is -0.441. The van der Waals surface area contributed by atoms with Crippen molar-refractivity contribution in [3.63, 3.8) is 0 Å². The van der Waals surface area contributed by atoms with Crippen LogP contribution in [0.15, 0.2) is 12.1 Å². The number of benzene rings is 1. The van der Waals surface area contributed by atoms with Crippen LogP contribution in [0.5, 0.6) is 0 Å². The van der Waals surface area contributed by atoms with Gasteiger partial charge in [0.25, 0.3) is 5.91 Å². The molecular formula is C16H24FN3O. The normalized spacial score (nSPS) is 17.5. The van der Waals surface area contributed by atoms with Crippen molar-refractivity contribution >= 4 is 11.6 Å². The highest BCUT2D eigenvalue weighted by Gasteiger charge is 2.18. The maximum atomic E-state index is 13.6. The lowest BCUT2D eigenvalue weighted by atomic mass is 10.1. The van der Waals surface area contributed by atoms with E-state index >= 15 is 0 Å². The molecule has 1 aliphatic heterocycles. The van der Waals surface area contributed by atoms with Crippen molar-refractivity contribution in [3.05, 3.63) is 29.1 Å². The lowest BCUT2D eigenvalue weighted by Gasteiger charge is -2.32. The van der Waals surface area contributed by atoms with E-state index in [0.29, 0.717) is 23.8 Å². The Kier molecular flexibility index (Phi) is 5.17. The highest BCUT2D eigenvalue weighted by molar-refractivity contribution is 5.95. The van der Waals surface area contributed by atoms with E-state index < -0.39 is 5.82 Å². The van der Waals surface area contributed by atoms with Crippen molar-refractivity contribution < 1.29 is 9.18 Å². The number of nitrogen functional groups attached to an aromatic ring is 1. The van der Waals surface area contributed by atoms with Gasteiger partial charge in [0.2, 0.25) is 0 Å². The first kappa shape index (κ1) is 15.8. The van der Waals surface area contributed by atoms with Crippen molar-refractivity contribution in [2.45, 2.75) is 39.2 Å². The van der Waals surface area contributed by atoms with Gasteiger partial charge in [-0.05, 0) is 51.9 Å². The van der Waals surface area contributed by atoms with Crippen molar-refractivity contribution in [2.75, 3.05) is 25.4 Å². The quantitative estimate of drug-likeness (QED) is 0.838. The van der Waals surface area contributed by atoms with Gasteiger partial charge in [0.15, 0.2) is 0 Å². The second kappa shape index (κ2) is 6.89. The molecule has 2 rings (SSSR count). The van der Waals surface area contributed by atoms with Gasteiger partial charge in [-0.2, -0.15) is 0 Å². The summed E-state index contributed by atoms with van der Waals surface area (Å²) in [5.74, 6) is -0.714. The van der Waals surface area contributed by atoms with E-state index in [1.165, 1.54) is 31.4 Å². The molecular weight excluding hydrogens is 269 g/mol. The first-order chi connectivity index (χ1) is 9.99. The fourth-order valence-electron chi connectivity index (χ4n) is 2.66. The molecule has 0 spiro atoms. The zero-order valence-electron chi connectivity index (χ0n) is 12.8. The van der Waals surface area contributed by atoms with E-state index in [4.69, 9.17) is 5.73 Å². The lowest BCUT2D eigenvalue weighted by molar-refractivity contribution is 0.0929. The largest absolute Gasteiger partial charge is 0.398 e. The summed E-state index contributed by atoms with van der Waals surface area (Å²) in [4.78, 5) is 14.5. The second-order valence-electron chi connectivity index (χ2n) is 5.83. The molecule has 0 bridgehead atoms. The summed E-state index contributed by atoms with van der Waals surface area (Å²) < 4.78 is 13.6. The zero-order valence-corrected chi connectivity index (χ0v) is 12.8. The van der Waals surface area contributed by atoms with E-state index in [2.05, 4.69) is 17.1 Å². The van der Waals surface area contributed by atoms with Crippen LogP contribution in [0.25, 0.3) is 0 Å². The summed E-state index contributed by atoms with van der Waals surface area (Å²) in [5, 5.41) is 2.87. The monoisotopic (exact) mass is 293 g/mol. The predicted molar refractivity (Wildman–Crippen MR) is 82.8 cm³/mol. The number of hydrogen-bond acceptors (Lipinski definition) is 3. The first-order valence-corrected chi connectivity index (χ1v) is 7.57. The fraction of sp³-hybridized carbons (Fsp3) is 0.562. The van der Waals surface area contributed by atoms with Gasteiger partial charge < -0.3 is 11.1 Å². The minimum Gasteiger partial charge on any atom is -0.398 e. The lowest BCUT2D eigenvalue weighted by Crippen LogP contribution is -2.44. The number of likely N-dealkylation sites (tertiary alicyclic amines) is 1. The summed E-state index contributed by atoms with van der Waals surface area (Å²) in [6.45, 7) is 6.45. The molecule has 1 heterocycles. The molecule has 0 aliphatic carbocycles. The van der Waals surface area contributed by atoms with Gasteiger partial charge in [0, 0.05) is 29.4 Å². The third-order valence-corrected chi connectivity index (χ3v) is 4.22. The molecule has 0 radical (unpaired) electrons. The summed E-state index contributed by atoms with van der Waals surface area (Å²) in [7, 11) is 0. The van der Waals surface area contributed by atoms with Crippen LogP contribution in [0, 0.1) is 12.7 Å². The van der Waals surface area contributed by atoms with Crippen LogP contribution in [0.1, 0.15) is 42.1 Å². The zero-order chi connectivity index (χ0) is 15.4. The Hall–Kier alpha value is -1.62. The second-order valence-corrected chi connectivity index (χ2v) is 5.83. The third-order valence-electron chi connectivity index (χ3n) is 4.22. The smallest absolute Gasteiger partial charge is 0.251 e. The maximum Gasteiger partial charge on any atom is 0.251 e. The molecule has 1 aromatic carbocycles. The maximum absolute atomic E-state index is 13.6. The highest BCUT2D eigenvalue weighted by atomic mass is 19.1. The number of nitrogens with zero attached hydrogens (tertiary/aromatic N) is 1. The molecule has 4 nitrogen and oxygen atoms in total. The molecule has 1 aromatic rings. The van der Waals surface area contributed by atoms with Crippen LogP contribution < -0.4 is 11.1 Å². The Labute approximate surface area is 125 Å². The topological polar surface area (TPSA) is 58.4 Å². The molecule has 1 fully saturated rings. The van der Waals surface area contributed by atoms with Crippen LogP contribution in [0.2, 0.25) is 0 Å². The van der Waals surface area contributed by atoms with Crippen molar-refractivity contribution in [1.82, 2.24) is 10.2 Å². The standard InChI is InChI=1S/C16H24FN3O/c1-11(20-6-4-3-5-7-20)10-19-16(21)13-8-14(17)12(2)15(18)9-13/h8-9,11H,3-7,10,18H2,1-2H3,(H,19,21). The number of nitrogens with two attached hydrogens (primary N) is 1. The molecule has 1 amide bonds. The first-order valence-electron chi connectivity index (χ1n) is 7.57. The fourth-order valence-corrected chi connectivity index (χ4v) is 2.66. The van der Waals surface area contributed by atoms with Gasteiger partial charge >= 0.3 is 0 Å². The van der Waals surface area contributed by atoms with Gasteiger partial charge in [0.1, 0.15) is 5.82 Å². The molecule has 1 aliphatic rings. The van der Waals surface area contributed by atoms with Crippen LogP contribution >= 0.6 is 0 Å². The summed E-state index contributed by atoms with van der Waals surface area (Å²) in [5.41, 5.74) is 6.68. The molecule has 1 saturated heterocycles. The predicted octanol–water partition coefficient (Wildman–Crippen LogP) is 2.32. The van der Waals surface area contributed by atoms with Gasteiger partial charge in [-0.15, -0.1) is 0 Å². The van der Waals surface area contributed by atoms with Gasteiger partial charge in [-0.3, -0.25) is 9.69 Å². The van der Waals surface area contributed by atoms with Crippen LogP contribution in [-0.4, -0.2) is 36.5 Å². The molecule has 116 valence electrons. The van der Waals surface area contributed by atoms with Crippen LogP contribution in [0.4, 0.5) is 10.1 Å². The SMILES string of the molecule is Cc1c(N)cc(C(=O)NCC(C)N2CCCCC2)cc1F. The Morgan fingerprint density at radius 1 is 1.38 bits per heavy atom. The van der Waals surface area contributed by atoms with Crippen molar-refractivity contribution in [3.8, 4) is 0 Å². The Morgan fingerprint density at radius 3 is 2.67 bits per heavy atom. The number of anilines is 1. The average Bonchev–Trinajstić information content (AvgIpc) is 2.50. The van der Waals surface area contributed by atoms with Crippen molar-refractivity contribution in [2.24, 2.45) is 0 Å². The van der Waals surface area contributed by atoms with Gasteiger partial charge in [0.05, 0.1) is 0 Å². The van der Waals surface area contributed by atoms with E-state index in [1.54, 1.807) is 6.92 Å². The highest BCUT2D eigenvalue weighted by Crippen LogP contribution is 2.17. The van der Waals surface area contributed by atoms with E-state index in [9.17, 15) is 9.18 Å². The van der Waals surface area contributed by atoms with Crippen LogP contribution in [-0.2, 0) is 0 Å². The summed E-state index contributed by atoms with van der Waals surface area (Å²) in [6.07, 6.45) is 3.73. The number of carbonyl (C=O) groups is 1. The Balaban J connectivity index is 1.92. The van der Waals surface area contributed by atoms with Gasteiger partial charge in [-0.1, -0.05) is 6.42 Å². The molecule has 3 N–H and O–H groups in total. The number of halogens is 1. The van der Waals surface area contributed by atoms with Gasteiger partial charge in [-0.25, -0.2) is 4.39 Å². The number of piperidine rings is 1. The molecule has 1 unspecified atom stereocenters. The Morgan fingerprint density at radius 2 is 2.05 bits per heavy atom. The Bertz CT molecular complexity index is 489. The number of amides is 1. The molecule has 1 atom stereocenters. The summed E-state index contributed by atoms with van der Waals surface area (Å²) in [6, 6.07) is 3.06. The van der Waals surface area contributed by atoms with E-state index in [1.807, 2.05) is 0 Å². The number of carbonyl (C=O) groups excluding carboxylic acids is 1. The summed E-state index contributed by atoms with van der Waals surface area (Å²) >= 11 is 0. The molecule has 21 heavy (non-hydrogen) atoms. The average molecular weight is 293 g/mol. The van der Waals surface area contributed by atoms with E-state index in [-0.39, 0.29) is 11.5 Å². The molecule has 0 aromatic heterocycles. The molecule has 5 heteroatoms. The van der Waals surface area contributed by atoms with Crippen LogP contribution in [0.3, 0.4) is 0 Å². The van der Waals surface area contributed by atoms with Crippen molar-refractivity contribution in [1.29, 1.82) is 0 Å². The third kappa shape index (κ3) is 3.94. The minimum absolute atomic E-state index is 0.274. The van der Waals surface area contributed by atoms with E-state index in [0.717, 1.165) is 13.1 Å². The number of rotatable bonds is 4.